The van der Waals surface area contributed by atoms with Crippen LogP contribution in [0.4, 0.5) is 0 Å². The molecule has 1 N–H and O–H groups in total. The second kappa shape index (κ2) is 9.31. The zero-order valence-electron chi connectivity index (χ0n) is 23.6. The summed E-state index contributed by atoms with van der Waals surface area (Å²) in [6.45, 7) is 13.2. The van der Waals surface area contributed by atoms with Gasteiger partial charge < -0.3 is 14.3 Å². The van der Waals surface area contributed by atoms with Crippen LogP contribution in [0.15, 0.2) is 0 Å². The van der Waals surface area contributed by atoms with Gasteiger partial charge >= 0.3 is 0 Å². The van der Waals surface area contributed by atoms with E-state index in [9.17, 15) is 9.90 Å². The molecular weight excluding hydrogens is 448 g/mol. The Balaban J connectivity index is 1.29. The highest BCUT2D eigenvalue weighted by atomic mass is 16.5. The number of aliphatic hydroxyl groups excluding tert-OH is 1. The maximum Gasteiger partial charge on any atom is 0.139 e. The minimum atomic E-state index is -0.187. The normalized spacial score (nSPS) is 51.1. The highest BCUT2D eigenvalue weighted by molar-refractivity contribution is 5.80. The summed E-state index contributed by atoms with van der Waals surface area (Å²) in [5.41, 5.74) is 0.497. The lowest BCUT2D eigenvalue weighted by molar-refractivity contribution is -0.939. The Morgan fingerprint density at radius 2 is 1.69 bits per heavy atom. The molecule has 6 fully saturated rings. The fourth-order valence-electron chi connectivity index (χ4n) is 11.5. The Labute approximate surface area is 219 Å². The maximum atomic E-state index is 13.4. The van der Waals surface area contributed by atoms with Crippen molar-refractivity contribution in [3.63, 3.8) is 0 Å². The number of hydrogen-bond acceptors (Lipinski definition) is 4. The summed E-state index contributed by atoms with van der Waals surface area (Å²) in [4.78, 5) is 15.9. The van der Waals surface area contributed by atoms with Gasteiger partial charge in [0.25, 0.3) is 0 Å². The van der Waals surface area contributed by atoms with Crippen molar-refractivity contribution in [3.8, 4) is 0 Å². The van der Waals surface area contributed by atoms with Gasteiger partial charge in [0, 0.05) is 25.6 Å². The predicted octanol–water partition coefficient (Wildman–Crippen LogP) is 4.51. The number of fused-ring (bicyclic) bond motifs is 5. The van der Waals surface area contributed by atoms with E-state index in [0.29, 0.717) is 35.1 Å². The molecule has 5 heteroatoms. The summed E-state index contributed by atoms with van der Waals surface area (Å²) in [6.07, 6.45) is 12.4. The van der Waals surface area contributed by atoms with Crippen molar-refractivity contribution < 1.29 is 19.1 Å². The van der Waals surface area contributed by atoms with Crippen LogP contribution < -0.4 is 0 Å². The Hall–Kier alpha value is -0.490. The summed E-state index contributed by atoms with van der Waals surface area (Å²) in [5.74, 6) is 3.58. The number of Topliss-reactive ketones (excluding diaryl/α,β-unsaturated/α-hetero) is 1. The molecule has 204 valence electrons. The van der Waals surface area contributed by atoms with Gasteiger partial charge in [-0.15, -0.1) is 0 Å². The molecule has 0 bridgehead atoms. The highest BCUT2D eigenvalue weighted by Crippen LogP contribution is 2.68. The fourth-order valence-corrected chi connectivity index (χ4v) is 11.5. The molecular formula is C31H53N2O3+. The molecule has 6 rings (SSSR count). The van der Waals surface area contributed by atoms with Crippen molar-refractivity contribution >= 4 is 5.78 Å². The van der Waals surface area contributed by atoms with Crippen LogP contribution in [0.3, 0.4) is 0 Å². The Morgan fingerprint density at radius 3 is 2.39 bits per heavy atom. The second-order valence-corrected chi connectivity index (χ2v) is 14.8. The molecule has 0 radical (unpaired) electrons. The molecule has 2 heterocycles. The molecule has 6 aliphatic rings. The smallest absolute Gasteiger partial charge is 0.139 e. The molecule has 2 aliphatic heterocycles. The fraction of sp³-hybridized carbons (Fsp3) is 0.968. The third kappa shape index (κ3) is 3.88. The zero-order chi connectivity index (χ0) is 25.3. The monoisotopic (exact) mass is 501 g/mol. The Kier molecular flexibility index (Phi) is 6.67. The number of morpholine rings is 1. The lowest BCUT2D eigenvalue weighted by atomic mass is 9.44. The van der Waals surface area contributed by atoms with Crippen LogP contribution in [-0.2, 0) is 9.53 Å². The molecule has 5 nitrogen and oxygen atoms in total. The van der Waals surface area contributed by atoms with E-state index in [0.717, 1.165) is 55.5 Å². The van der Waals surface area contributed by atoms with E-state index in [1.54, 1.807) is 0 Å². The molecule has 1 unspecified atom stereocenters. The van der Waals surface area contributed by atoms with Crippen molar-refractivity contribution in [2.24, 2.45) is 40.4 Å². The largest absolute Gasteiger partial charge is 0.391 e. The van der Waals surface area contributed by atoms with Crippen LogP contribution in [0.1, 0.15) is 85.0 Å². The molecule has 2 saturated heterocycles. The molecule has 0 aromatic heterocycles. The van der Waals surface area contributed by atoms with Gasteiger partial charge in [-0.3, -0.25) is 9.69 Å². The number of ketones is 1. The first kappa shape index (κ1) is 25.8. The highest BCUT2D eigenvalue weighted by Gasteiger charge is 2.66. The first-order valence-corrected chi connectivity index (χ1v) is 15.5. The minimum Gasteiger partial charge on any atom is -0.391 e. The quantitative estimate of drug-likeness (QED) is 0.578. The molecule has 0 aromatic rings. The number of aliphatic hydroxyl groups is 1. The third-order valence-electron chi connectivity index (χ3n) is 13.3. The van der Waals surface area contributed by atoms with Gasteiger partial charge in [0.05, 0.1) is 51.4 Å². The third-order valence-corrected chi connectivity index (χ3v) is 13.3. The summed E-state index contributed by atoms with van der Waals surface area (Å²) in [6, 6.07) is 0.817. The van der Waals surface area contributed by atoms with Crippen LogP contribution in [0, 0.1) is 40.4 Å². The minimum absolute atomic E-state index is 0.178. The van der Waals surface area contributed by atoms with Gasteiger partial charge in [-0.05, 0) is 99.2 Å². The van der Waals surface area contributed by atoms with Gasteiger partial charge in [0.1, 0.15) is 5.78 Å². The lowest BCUT2D eigenvalue weighted by Crippen LogP contribution is -2.61. The maximum absolute atomic E-state index is 13.4. The Morgan fingerprint density at radius 1 is 0.972 bits per heavy atom. The standard InChI is InChI=1S/C31H53N2O3/c1-21(34)29-27(33(4)14-6-5-7-15-33)19-25-23-9-8-22-18-28(35)26(32-12-16-36-17-13-32)20-31(22,3)24(23)10-11-30(25,29)2/h22-29,35H,5-20H2,1-4H3/q+1/t22-,23+,24-,25-,26-,27-,28?,29-,30-,31-/m0/s1. The number of nitrogens with zero attached hydrogens (tertiary/aromatic N) is 2. The number of piperidine rings is 1. The molecule has 0 aromatic carbocycles. The molecule has 4 aliphatic carbocycles. The van der Waals surface area contributed by atoms with Gasteiger partial charge in [0.15, 0.2) is 0 Å². The summed E-state index contributed by atoms with van der Waals surface area (Å²) >= 11 is 0. The number of carbonyl (C=O) groups is 1. The first-order chi connectivity index (χ1) is 17.2. The summed E-state index contributed by atoms with van der Waals surface area (Å²) < 4.78 is 6.80. The van der Waals surface area contributed by atoms with Crippen LogP contribution in [0.5, 0.6) is 0 Å². The lowest BCUT2D eigenvalue weighted by Gasteiger charge is -2.62. The molecule has 0 amide bonds. The van der Waals surface area contributed by atoms with Crippen molar-refractivity contribution in [3.05, 3.63) is 0 Å². The molecule has 0 spiro atoms. The second-order valence-electron chi connectivity index (χ2n) is 14.8. The van der Waals surface area contributed by atoms with Gasteiger partial charge in [0.2, 0.25) is 0 Å². The SMILES string of the molecule is CC(=O)[C@H]1[C@@H]([N+]2(C)CCCCC2)C[C@H]2[C@@H]3CC[C@H]4CC(O)[C@@H](N5CCOCC5)C[C@]4(C)[C@H]3CC[C@@]21C. The van der Waals surface area contributed by atoms with E-state index in [1.165, 1.54) is 64.5 Å². The number of rotatable bonds is 3. The molecule has 36 heavy (non-hydrogen) atoms. The topological polar surface area (TPSA) is 49.8 Å². The van der Waals surface area contributed by atoms with E-state index in [1.807, 2.05) is 6.92 Å². The molecule has 4 saturated carbocycles. The number of likely N-dealkylation sites (tertiary alicyclic amines) is 1. The van der Waals surface area contributed by atoms with E-state index in [-0.39, 0.29) is 17.4 Å². The summed E-state index contributed by atoms with van der Waals surface area (Å²) in [5, 5.41) is 11.2. The van der Waals surface area contributed by atoms with E-state index in [2.05, 4.69) is 25.8 Å². The Bertz CT molecular complexity index is 836. The zero-order valence-corrected chi connectivity index (χ0v) is 23.6. The first-order valence-electron chi connectivity index (χ1n) is 15.5. The van der Waals surface area contributed by atoms with Gasteiger partial charge in [-0.1, -0.05) is 13.8 Å². The predicted molar refractivity (Wildman–Crippen MR) is 142 cm³/mol. The number of quaternary nitrogens is 1. The van der Waals surface area contributed by atoms with E-state index in [4.69, 9.17) is 4.74 Å². The average Bonchev–Trinajstić information content (AvgIpc) is 3.19. The summed E-state index contributed by atoms with van der Waals surface area (Å²) in [7, 11) is 2.49. The van der Waals surface area contributed by atoms with Crippen molar-refractivity contribution in [1.29, 1.82) is 0 Å². The average molecular weight is 502 g/mol. The number of carbonyl (C=O) groups excluding carboxylic acids is 1. The molecule has 10 atom stereocenters. The number of ether oxygens (including phenoxy) is 1. The van der Waals surface area contributed by atoms with Crippen molar-refractivity contribution in [1.82, 2.24) is 4.90 Å². The van der Waals surface area contributed by atoms with Crippen LogP contribution >= 0.6 is 0 Å². The van der Waals surface area contributed by atoms with Crippen LogP contribution in [0.2, 0.25) is 0 Å². The van der Waals surface area contributed by atoms with Crippen molar-refractivity contribution in [2.45, 2.75) is 103 Å². The van der Waals surface area contributed by atoms with Crippen molar-refractivity contribution in [2.75, 3.05) is 46.4 Å². The van der Waals surface area contributed by atoms with E-state index < -0.39 is 0 Å². The number of hydrogen-bond donors (Lipinski definition) is 1. The van der Waals surface area contributed by atoms with Crippen LogP contribution in [0.25, 0.3) is 0 Å². The van der Waals surface area contributed by atoms with E-state index >= 15 is 0 Å². The van der Waals surface area contributed by atoms with Crippen LogP contribution in [-0.4, -0.2) is 84.9 Å². The van der Waals surface area contributed by atoms with Gasteiger partial charge in [-0.25, -0.2) is 0 Å². The van der Waals surface area contributed by atoms with Gasteiger partial charge in [-0.2, -0.15) is 0 Å².